The van der Waals surface area contributed by atoms with Gasteiger partial charge in [-0.15, -0.1) is 0 Å². The van der Waals surface area contributed by atoms with E-state index >= 15 is 0 Å². The summed E-state index contributed by atoms with van der Waals surface area (Å²) in [6, 6.07) is 6.34. The molecule has 2 N–H and O–H groups in total. The fourth-order valence-corrected chi connectivity index (χ4v) is 2.81. The Labute approximate surface area is 119 Å². The number of nitrogens with zero attached hydrogens (tertiary/aromatic N) is 1. The van der Waals surface area contributed by atoms with Crippen LogP contribution in [0.4, 0.5) is 0 Å². The van der Waals surface area contributed by atoms with Crippen LogP contribution in [0.1, 0.15) is 16.9 Å². The van der Waals surface area contributed by atoms with Crippen molar-refractivity contribution < 1.29 is 9.15 Å². The third kappa shape index (κ3) is 2.59. The summed E-state index contributed by atoms with van der Waals surface area (Å²) in [5.41, 5.74) is 9.19. The Balaban J connectivity index is 1.82. The number of ether oxygens (including phenoxy) is 1. The van der Waals surface area contributed by atoms with Crippen LogP contribution in [0, 0.1) is 13.8 Å². The van der Waals surface area contributed by atoms with E-state index in [9.17, 15) is 0 Å². The first-order valence-corrected chi connectivity index (χ1v) is 7.20. The van der Waals surface area contributed by atoms with Crippen molar-refractivity contribution in [2.45, 2.75) is 26.5 Å². The Hall–Kier alpha value is -1.36. The highest BCUT2D eigenvalue weighted by atomic mass is 16.5. The summed E-state index contributed by atoms with van der Waals surface area (Å²) in [6.45, 7) is 8.23. The van der Waals surface area contributed by atoms with Gasteiger partial charge in [-0.05, 0) is 31.5 Å². The van der Waals surface area contributed by atoms with Crippen LogP contribution in [0.15, 0.2) is 22.6 Å². The summed E-state index contributed by atoms with van der Waals surface area (Å²) in [7, 11) is 0. The van der Waals surface area contributed by atoms with Crippen molar-refractivity contribution in [3.8, 4) is 0 Å². The van der Waals surface area contributed by atoms with E-state index in [4.69, 9.17) is 14.9 Å². The molecule has 3 rings (SSSR count). The highest BCUT2D eigenvalue weighted by Gasteiger charge is 2.21. The predicted molar refractivity (Wildman–Crippen MR) is 79.8 cm³/mol. The molecule has 1 saturated heterocycles. The summed E-state index contributed by atoms with van der Waals surface area (Å²) in [6.07, 6.45) is 0.149. The molecule has 1 fully saturated rings. The Morgan fingerprint density at radius 2 is 2.20 bits per heavy atom. The van der Waals surface area contributed by atoms with Crippen LogP contribution in [-0.4, -0.2) is 37.2 Å². The lowest BCUT2D eigenvalue weighted by molar-refractivity contribution is -0.0278. The lowest BCUT2D eigenvalue weighted by atomic mass is 10.1. The van der Waals surface area contributed by atoms with Crippen molar-refractivity contribution in [2.75, 3.05) is 26.2 Å². The standard InChI is InChI=1S/C16H22N2O2/c1-11-3-4-15-14(7-11)12(2)16(20-15)10-18-5-6-19-13(8-17)9-18/h3-4,7,13H,5-6,8-10,17H2,1-2H3/t13-/m1/s1. The fraction of sp³-hybridized carbons (Fsp3) is 0.500. The first-order chi connectivity index (χ1) is 9.67. The van der Waals surface area contributed by atoms with E-state index in [-0.39, 0.29) is 6.10 Å². The molecule has 0 amide bonds. The summed E-state index contributed by atoms with van der Waals surface area (Å²) < 4.78 is 11.6. The van der Waals surface area contributed by atoms with Crippen LogP contribution in [0.5, 0.6) is 0 Å². The molecule has 1 aromatic heterocycles. The van der Waals surface area contributed by atoms with Gasteiger partial charge in [0.25, 0.3) is 0 Å². The van der Waals surface area contributed by atoms with Crippen LogP contribution in [0.25, 0.3) is 11.0 Å². The van der Waals surface area contributed by atoms with E-state index in [0.717, 1.165) is 37.6 Å². The van der Waals surface area contributed by atoms with Gasteiger partial charge in [0.1, 0.15) is 11.3 Å². The second-order valence-electron chi connectivity index (χ2n) is 5.61. The maximum Gasteiger partial charge on any atom is 0.134 e. The van der Waals surface area contributed by atoms with Crippen molar-refractivity contribution in [2.24, 2.45) is 5.73 Å². The molecule has 0 saturated carbocycles. The molecule has 2 heterocycles. The average molecular weight is 274 g/mol. The number of aryl methyl sites for hydroxylation is 2. The number of morpholine rings is 1. The SMILES string of the molecule is Cc1ccc2oc(CN3CCO[C@H](CN)C3)c(C)c2c1. The predicted octanol–water partition coefficient (Wildman–Crippen LogP) is 2.21. The first-order valence-electron chi connectivity index (χ1n) is 7.20. The number of fused-ring (bicyclic) bond motifs is 1. The zero-order valence-corrected chi connectivity index (χ0v) is 12.2. The lowest BCUT2D eigenvalue weighted by Crippen LogP contribution is -2.45. The lowest BCUT2D eigenvalue weighted by Gasteiger charge is -2.31. The maximum atomic E-state index is 6.01. The van der Waals surface area contributed by atoms with E-state index in [2.05, 4.69) is 36.9 Å². The van der Waals surface area contributed by atoms with E-state index in [0.29, 0.717) is 6.54 Å². The van der Waals surface area contributed by atoms with Gasteiger partial charge in [-0.3, -0.25) is 4.90 Å². The molecule has 2 aromatic rings. The van der Waals surface area contributed by atoms with Gasteiger partial charge in [0.05, 0.1) is 19.3 Å². The number of hydrogen-bond donors (Lipinski definition) is 1. The van der Waals surface area contributed by atoms with E-state index in [1.165, 1.54) is 16.5 Å². The van der Waals surface area contributed by atoms with E-state index < -0.39 is 0 Å². The molecular weight excluding hydrogens is 252 g/mol. The molecule has 4 heteroatoms. The van der Waals surface area contributed by atoms with Crippen molar-refractivity contribution in [1.29, 1.82) is 0 Å². The molecule has 0 radical (unpaired) electrons. The third-order valence-corrected chi connectivity index (χ3v) is 4.04. The van der Waals surface area contributed by atoms with E-state index in [1.807, 2.05) is 0 Å². The molecule has 4 nitrogen and oxygen atoms in total. The van der Waals surface area contributed by atoms with Gasteiger partial charge < -0.3 is 14.9 Å². The molecule has 0 spiro atoms. The normalized spacial score (nSPS) is 20.6. The molecular formula is C16H22N2O2. The molecule has 0 aliphatic carbocycles. The van der Waals surface area contributed by atoms with Gasteiger partial charge in [0.2, 0.25) is 0 Å². The first kappa shape index (κ1) is 13.6. The van der Waals surface area contributed by atoms with E-state index in [1.54, 1.807) is 0 Å². The monoisotopic (exact) mass is 274 g/mol. The van der Waals surface area contributed by atoms with Gasteiger partial charge in [-0.2, -0.15) is 0 Å². The zero-order chi connectivity index (χ0) is 14.1. The fourth-order valence-electron chi connectivity index (χ4n) is 2.81. The minimum absolute atomic E-state index is 0.149. The molecule has 1 aliphatic rings. The molecule has 0 unspecified atom stereocenters. The summed E-state index contributed by atoms with van der Waals surface area (Å²) in [5, 5.41) is 1.23. The van der Waals surface area contributed by atoms with Gasteiger partial charge in [0, 0.05) is 25.0 Å². The van der Waals surface area contributed by atoms with Crippen molar-refractivity contribution >= 4 is 11.0 Å². The highest BCUT2D eigenvalue weighted by Crippen LogP contribution is 2.27. The number of nitrogens with two attached hydrogens (primary N) is 1. The van der Waals surface area contributed by atoms with Crippen molar-refractivity contribution in [3.63, 3.8) is 0 Å². The summed E-state index contributed by atoms with van der Waals surface area (Å²) >= 11 is 0. The molecule has 108 valence electrons. The van der Waals surface area contributed by atoms with Gasteiger partial charge in [0.15, 0.2) is 0 Å². The topological polar surface area (TPSA) is 51.6 Å². The molecule has 1 aliphatic heterocycles. The van der Waals surface area contributed by atoms with Crippen molar-refractivity contribution in [1.82, 2.24) is 4.90 Å². The van der Waals surface area contributed by atoms with Gasteiger partial charge in [-0.25, -0.2) is 0 Å². The third-order valence-electron chi connectivity index (χ3n) is 4.04. The number of hydrogen-bond acceptors (Lipinski definition) is 4. The van der Waals surface area contributed by atoms with Crippen LogP contribution >= 0.6 is 0 Å². The van der Waals surface area contributed by atoms with Crippen LogP contribution < -0.4 is 5.73 Å². The zero-order valence-electron chi connectivity index (χ0n) is 12.2. The minimum Gasteiger partial charge on any atom is -0.459 e. The molecule has 1 aromatic carbocycles. The van der Waals surface area contributed by atoms with Crippen LogP contribution in [0.3, 0.4) is 0 Å². The number of rotatable bonds is 3. The Morgan fingerprint density at radius 1 is 1.35 bits per heavy atom. The minimum atomic E-state index is 0.149. The van der Waals surface area contributed by atoms with Crippen molar-refractivity contribution in [3.05, 3.63) is 35.1 Å². The second-order valence-corrected chi connectivity index (χ2v) is 5.61. The largest absolute Gasteiger partial charge is 0.459 e. The Morgan fingerprint density at radius 3 is 3.00 bits per heavy atom. The maximum absolute atomic E-state index is 6.01. The molecule has 20 heavy (non-hydrogen) atoms. The van der Waals surface area contributed by atoms with Crippen LogP contribution in [0.2, 0.25) is 0 Å². The van der Waals surface area contributed by atoms with Crippen LogP contribution in [-0.2, 0) is 11.3 Å². The summed E-state index contributed by atoms with van der Waals surface area (Å²) in [5.74, 6) is 1.06. The second kappa shape index (κ2) is 5.56. The Bertz CT molecular complexity index is 606. The van der Waals surface area contributed by atoms with Gasteiger partial charge in [-0.1, -0.05) is 11.6 Å². The smallest absolute Gasteiger partial charge is 0.134 e. The number of furan rings is 1. The quantitative estimate of drug-likeness (QED) is 0.932. The number of benzene rings is 1. The highest BCUT2D eigenvalue weighted by molar-refractivity contribution is 5.82. The average Bonchev–Trinajstić information content (AvgIpc) is 2.76. The molecule has 1 atom stereocenters. The Kier molecular flexibility index (Phi) is 3.78. The van der Waals surface area contributed by atoms with Gasteiger partial charge >= 0.3 is 0 Å². The molecule has 0 bridgehead atoms. The summed E-state index contributed by atoms with van der Waals surface area (Å²) in [4.78, 5) is 2.36.